The van der Waals surface area contributed by atoms with E-state index in [1.165, 1.54) is 0 Å². The van der Waals surface area contributed by atoms with Crippen LogP contribution < -0.4 is 15.2 Å². The summed E-state index contributed by atoms with van der Waals surface area (Å²) in [4.78, 5) is 16.2. The third-order valence-electron chi connectivity index (χ3n) is 8.35. The molecule has 2 unspecified atom stereocenters. The van der Waals surface area contributed by atoms with E-state index in [4.69, 9.17) is 14.2 Å². The lowest BCUT2D eigenvalue weighted by Crippen LogP contribution is -2.40. The Hall–Kier alpha value is -2.77. The average Bonchev–Trinajstić information content (AvgIpc) is 3.54. The Morgan fingerprint density at radius 1 is 1.05 bits per heavy atom. The lowest BCUT2D eigenvalue weighted by Gasteiger charge is -2.34. The molecule has 7 heteroatoms. The first-order valence-corrected chi connectivity index (χ1v) is 14.3. The number of nitrogens with zero attached hydrogens (tertiary/aromatic N) is 3. The molecular weight excluding hydrogens is 478 g/mol. The summed E-state index contributed by atoms with van der Waals surface area (Å²) in [6, 6.07) is 14.5. The molecule has 1 aromatic heterocycles. The molecule has 2 fully saturated rings. The van der Waals surface area contributed by atoms with Gasteiger partial charge >= 0.3 is 5.69 Å². The molecule has 38 heavy (non-hydrogen) atoms. The van der Waals surface area contributed by atoms with Crippen molar-refractivity contribution in [2.45, 2.75) is 77.7 Å². The number of hydrogen-bond donors (Lipinski definition) is 0. The Morgan fingerprint density at radius 3 is 2.50 bits per heavy atom. The highest BCUT2D eigenvalue weighted by atomic mass is 16.5. The minimum atomic E-state index is 0.113. The molecule has 0 radical (unpaired) electrons. The molecular formula is C31H43N3O4. The van der Waals surface area contributed by atoms with Crippen molar-refractivity contribution in [2.75, 3.05) is 33.4 Å². The molecule has 2 atom stereocenters. The van der Waals surface area contributed by atoms with Crippen molar-refractivity contribution < 1.29 is 14.2 Å². The van der Waals surface area contributed by atoms with E-state index in [-0.39, 0.29) is 23.9 Å². The summed E-state index contributed by atoms with van der Waals surface area (Å²) < 4.78 is 21.8. The van der Waals surface area contributed by atoms with Crippen LogP contribution in [0.5, 0.6) is 11.5 Å². The van der Waals surface area contributed by atoms with Crippen LogP contribution >= 0.6 is 0 Å². The van der Waals surface area contributed by atoms with E-state index in [0.29, 0.717) is 12.5 Å². The number of aryl methyl sites for hydroxylation is 1. The second-order valence-corrected chi connectivity index (χ2v) is 11.3. The van der Waals surface area contributed by atoms with Gasteiger partial charge in [0, 0.05) is 38.3 Å². The predicted octanol–water partition coefficient (Wildman–Crippen LogP) is 5.43. The Bertz CT molecular complexity index is 1270. The lowest BCUT2D eigenvalue weighted by molar-refractivity contribution is 0.0962. The summed E-state index contributed by atoms with van der Waals surface area (Å²) in [5.74, 6) is 2.13. The molecule has 206 valence electrons. The predicted molar refractivity (Wildman–Crippen MR) is 151 cm³/mol. The standard InChI is InChI=1S/C31H43N3O4/c1-22(2)29(38-30-20-25(36-4)12-11-23(30)3)15-18-32-16-13-24(14-17-32)34-28-10-6-5-9-27(28)33(31(34)35)21-26-8-7-19-37-26/h5-6,9-12,20,22,24,26,29H,7-8,13-19,21H2,1-4H3. The molecule has 2 saturated heterocycles. The van der Waals surface area contributed by atoms with Crippen LogP contribution in [0.15, 0.2) is 47.3 Å². The number of ether oxygens (including phenoxy) is 3. The first kappa shape index (κ1) is 26.8. The summed E-state index contributed by atoms with van der Waals surface area (Å²) in [5.41, 5.74) is 3.32. The summed E-state index contributed by atoms with van der Waals surface area (Å²) in [6.45, 7) is 11.0. The van der Waals surface area contributed by atoms with Gasteiger partial charge in [-0.3, -0.25) is 9.13 Å². The zero-order chi connectivity index (χ0) is 26.6. The van der Waals surface area contributed by atoms with Gasteiger partial charge in [-0.1, -0.05) is 32.0 Å². The van der Waals surface area contributed by atoms with Gasteiger partial charge in [0.1, 0.15) is 17.6 Å². The number of likely N-dealkylation sites (tertiary alicyclic amines) is 1. The van der Waals surface area contributed by atoms with Crippen molar-refractivity contribution in [2.24, 2.45) is 5.92 Å². The maximum Gasteiger partial charge on any atom is 0.329 e. The first-order chi connectivity index (χ1) is 18.4. The van der Waals surface area contributed by atoms with Gasteiger partial charge in [0.15, 0.2) is 0 Å². The number of hydrogen-bond acceptors (Lipinski definition) is 5. The van der Waals surface area contributed by atoms with Gasteiger partial charge in [-0.25, -0.2) is 4.79 Å². The Kier molecular flexibility index (Phi) is 8.44. The van der Waals surface area contributed by atoms with Gasteiger partial charge in [-0.15, -0.1) is 0 Å². The van der Waals surface area contributed by atoms with Crippen LogP contribution in [0.2, 0.25) is 0 Å². The lowest BCUT2D eigenvalue weighted by atomic mass is 10.0. The molecule has 0 saturated carbocycles. The van der Waals surface area contributed by atoms with Gasteiger partial charge in [0.05, 0.1) is 30.8 Å². The molecule has 0 amide bonds. The zero-order valence-corrected chi connectivity index (χ0v) is 23.4. The number of methoxy groups -OCH3 is 1. The monoisotopic (exact) mass is 521 g/mol. The van der Waals surface area contributed by atoms with Crippen molar-refractivity contribution in [1.29, 1.82) is 0 Å². The van der Waals surface area contributed by atoms with E-state index in [9.17, 15) is 4.79 Å². The van der Waals surface area contributed by atoms with Gasteiger partial charge in [-0.05, 0) is 68.7 Å². The van der Waals surface area contributed by atoms with Crippen LogP contribution in [0.25, 0.3) is 11.0 Å². The number of aromatic nitrogens is 2. The van der Waals surface area contributed by atoms with Gasteiger partial charge in [0.25, 0.3) is 0 Å². The van der Waals surface area contributed by atoms with E-state index in [1.807, 2.05) is 28.8 Å². The molecule has 0 N–H and O–H groups in total. The van der Waals surface area contributed by atoms with Crippen LogP contribution in [-0.2, 0) is 11.3 Å². The first-order valence-electron chi connectivity index (χ1n) is 14.3. The van der Waals surface area contributed by atoms with E-state index in [2.05, 4.69) is 48.4 Å². The molecule has 2 aromatic carbocycles. The molecule has 5 rings (SSSR count). The van der Waals surface area contributed by atoms with Gasteiger partial charge < -0.3 is 19.1 Å². The smallest absolute Gasteiger partial charge is 0.329 e. The van der Waals surface area contributed by atoms with E-state index in [0.717, 1.165) is 86.4 Å². The number of piperidine rings is 1. The highest BCUT2D eigenvalue weighted by molar-refractivity contribution is 5.76. The van der Waals surface area contributed by atoms with Crippen molar-refractivity contribution in [1.82, 2.24) is 14.0 Å². The molecule has 2 aliphatic heterocycles. The third-order valence-corrected chi connectivity index (χ3v) is 8.35. The molecule has 0 aliphatic carbocycles. The molecule has 0 spiro atoms. The normalized spacial score (nSPS) is 19.9. The van der Waals surface area contributed by atoms with Crippen molar-refractivity contribution in [3.63, 3.8) is 0 Å². The van der Waals surface area contributed by atoms with Crippen LogP contribution in [0.3, 0.4) is 0 Å². The van der Waals surface area contributed by atoms with Gasteiger partial charge in [-0.2, -0.15) is 0 Å². The van der Waals surface area contributed by atoms with Crippen molar-refractivity contribution in [3.05, 3.63) is 58.5 Å². The van der Waals surface area contributed by atoms with Crippen LogP contribution in [-0.4, -0.2) is 59.6 Å². The summed E-state index contributed by atoms with van der Waals surface area (Å²) >= 11 is 0. The molecule has 0 bridgehead atoms. The second kappa shape index (κ2) is 12.0. The zero-order valence-electron chi connectivity index (χ0n) is 23.4. The van der Waals surface area contributed by atoms with Crippen molar-refractivity contribution in [3.8, 4) is 11.5 Å². The Labute approximate surface area is 226 Å². The highest BCUT2D eigenvalue weighted by Crippen LogP contribution is 2.29. The quantitative estimate of drug-likeness (QED) is 0.356. The summed E-state index contributed by atoms with van der Waals surface area (Å²) in [6.07, 6.45) is 5.33. The fourth-order valence-corrected chi connectivity index (χ4v) is 5.99. The van der Waals surface area contributed by atoms with E-state index >= 15 is 0 Å². The second-order valence-electron chi connectivity index (χ2n) is 11.3. The number of rotatable bonds is 10. The van der Waals surface area contributed by atoms with E-state index < -0.39 is 0 Å². The molecule has 2 aliphatic rings. The highest BCUT2D eigenvalue weighted by Gasteiger charge is 2.27. The molecule has 3 aromatic rings. The van der Waals surface area contributed by atoms with Gasteiger partial charge in [0.2, 0.25) is 0 Å². The fourth-order valence-electron chi connectivity index (χ4n) is 5.99. The molecule has 7 nitrogen and oxygen atoms in total. The average molecular weight is 522 g/mol. The number of imidazole rings is 1. The summed E-state index contributed by atoms with van der Waals surface area (Å²) in [5, 5.41) is 0. The number of para-hydroxylation sites is 2. The minimum absolute atomic E-state index is 0.113. The maximum atomic E-state index is 13.6. The topological polar surface area (TPSA) is 57.9 Å². The molecule has 3 heterocycles. The van der Waals surface area contributed by atoms with Crippen LogP contribution in [0.1, 0.15) is 57.6 Å². The SMILES string of the molecule is COc1ccc(C)c(OC(CCN2CCC(n3c(=O)n(CC4CCCO4)c4ccccc43)CC2)C(C)C)c1. The Balaban J connectivity index is 1.22. The number of benzene rings is 2. The third kappa shape index (κ3) is 5.79. The van der Waals surface area contributed by atoms with Crippen LogP contribution in [0, 0.1) is 12.8 Å². The Morgan fingerprint density at radius 2 is 1.82 bits per heavy atom. The summed E-state index contributed by atoms with van der Waals surface area (Å²) in [7, 11) is 1.69. The fraction of sp³-hybridized carbons (Fsp3) is 0.581. The van der Waals surface area contributed by atoms with E-state index in [1.54, 1.807) is 7.11 Å². The van der Waals surface area contributed by atoms with Crippen molar-refractivity contribution >= 4 is 11.0 Å². The van der Waals surface area contributed by atoms with Crippen LogP contribution in [0.4, 0.5) is 0 Å². The largest absolute Gasteiger partial charge is 0.497 e. The maximum absolute atomic E-state index is 13.6. The minimum Gasteiger partial charge on any atom is -0.497 e. The number of fused-ring (bicyclic) bond motifs is 1.